The Balaban J connectivity index is 1.70. The average molecular weight is 412 g/mol. The zero-order valence-corrected chi connectivity index (χ0v) is 17.0. The molecule has 0 unspecified atom stereocenters. The van der Waals surface area contributed by atoms with Crippen molar-refractivity contribution in [1.82, 2.24) is 15.0 Å². The van der Waals surface area contributed by atoms with Crippen molar-refractivity contribution < 1.29 is 4.74 Å². The summed E-state index contributed by atoms with van der Waals surface area (Å²) in [6.45, 7) is 0. The van der Waals surface area contributed by atoms with Gasteiger partial charge in [-0.2, -0.15) is 0 Å². The van der Waals surface area contributed by atoms with E-state index in [9.17, 15) is 0 Å². The third-order valence-electron chi connectivity index (χ3n) is 5.12. The topological polar surface area (TPSA) is 50.8 Å². The van der Waals surface area contributed by atoms with Crippen LogP contribution in [0.4, 0.5) is 0 Å². The number of fused-ring (bicyclic) bond motifs is 1. The van der Waals surface area contributed by atoms with Crippen molar-refractivity contribution in [2.75, 3.05) is 7.11 Å². The van der Waals surface area contributed by atoms with E-state index < -0.39 is 0 Å². The van der Waals surface area contributed by atoms with Crippen molar-refractivity contribution in [3.8, 4) is 39.7 Å². The first-order chi connectivity index (χ1) is 14.7. The van der Waals surface area contributed by atoms with Gasteiger partial charge in [0.25, 0.3) is 0 Å². The number of halogens is 1. The van der Waals surface area contributed by atoms with Crippen LogP contribution < -0.4 is 4.74 Å². The van der Waals surface area contributed by atoms with Gasteiger partial charge in [-0.05, 0) is 53.2 Å². The third kappa shape index (κ3) is 3.31. The fourth-order valence-corrected chi connectivity index (χ4v) is 3.81. The van der Waals surface area contributed by atoms with Crippen molar-refractivity contribution in [3.63, 3.8) is 0 Å². The summed E-state index contributed by atoms with van der Waals surface area (Å²) in [6.07, 6.45) is 3.56. The van der Waals surface area contributed by atoms with Crippen molar-refractivity contribution in [2.24, 2.45) is 0 Å². The molecule has 5 heteroatoms. The van der Waals surface area contributed by atoms with Gasteiger partial charge in [0.05, 0.1) is 23.5 Å². The maximum absolute atomic E-state index is 6.44. The van der Waals surface area contributed by atoms with E-state index in [2.05, 4.69) is 34.2 Å². The molecular weight excluding hydrogens is 394 g/mol. The monoisotopic (exact) mass is 411 g/mol. The minimum absolute atomic E-state index is 0.657. The van der Waals surface area contributed by atoms with Crippen LogP contribution in [0.1, 0.15) is 0 Å². The van der Waals surface area contributed by atoms with Crippen LogP contribution in [0.2, 0.25) is 5.02 Å². The second-order valence-electron chi connectivity index (χ2n) is 6.95. The molecule has 0 aliphatic carbocycles. The lowest BCUT2D eigenvalue weighted by Gasteiger charge is -2.06. The molecule has 5 rings (SSSR count). The Morgan fingerprint density at radius 3 is 2.40 bits per heavy atom. The highest BCUT2D eigenvalue weighted by Gasteiger charge is 2.17. The molecule has 0 bridgehead atoms. The van der Waals surface area contributed by atoms with E-state index >= 15 is 0 Å². The fourth-order valence-electron chi connectivity index (χ4n) is 3.59. The Morgan fingerprint density at radius 2 is 1.60 bits per heavy atom. The maximum Gasteiger partial charge on any atom is 0.140 e. The van der Waals surface area contributed by atoms with E-state index in [1.807, 2.05) is 48.5 Å². The third-order valence-corrected chi connectivity index (χ3v) is 5.45. The number of aromatic nitrogens is 3. The van der Waals surface area contributed by atoms with Gasteiger partial charge in [0.1, 0.15) is 11.6 Å². The van der Waals surface area contributed by atoms with E-state index in [-0.39, 0.29) is 0 Å². The van der Waals surface area contributed by atoms with Gasteiger partial charge in [-0.1, -0.05) is 41.9 Å². The normalized spacial score (nSPS) is 11.0. The predicted molar refractivity (Wildman–Crippen MR) is 122 cm³/mol. The number of ether oxygens (including phenoxy) is 1. The summed E-state index contributed by atoms with van der Waals surface area (Å²) in [6, 6.07) is 24.0. The lowest BCUT2D eigenvalue weighted by atomic mass is 10.0. The molecule has 0 aliphatic rings. The van der Waals surface area contributed by atoms with Crippen LogP contribution in [0.3, 0.4) is 0 Å². The Kier molecular flexibility index (Phi) is 4.69. The van der Waals surface area contributed by atoms with Crippen molar-refractivity contribution in [1.29, 1.82) is 0 Å². The van der Waals surface area contributed by atoms with Gasteiger partial charge < -0.3 is 9.72 Å². The first-order valence-electron chi connectivity index (χ1n) is 9.56. The molecule has 30 heavy (non-hydrogen) atoms. The quantitative estimate of drug-likeness (QED) is 0.361. The first kappa shape index (κ1) is 18.4. The summed E-state index contributed by atoms with van der Waals surface area (Å²) in [5, 5.41) is 2.89. The Bertz CT molecular complexity index is 1350. The SMILES string of the molecule is COc1ccc2cc(-c3nc(-c4ccccc4Cl)[nH]c3-c3ccncc3)ccc2c1. The molecule has 146 valence electrons. The highest BCUT2D eigenvalue weighted by Crippen LogP contribution is 2.36. The van der Waals surface area contributed by atoms with Crippen molar-refractivity contribution >= 4 is 22.4 Å². The first-order valence-corrected chi connectivity index (χ1v) is 9.94. The molecule has 2 aromatic heterocycles. The Labute approximate surface area is 179 Å². The van der Waals surface area contributed by atoms with Gasteiger partial charge in [0.15, 0.2) is 0 Å². The number of hydrogen-bond donors (Lipinski definition) is 1. The molecule has 4 nitrogen and oxygen atoms in total. The second-order valence-corrected chi connectivity index (χ2v) is 7.36. The molecule has 0 saturated carbocycles. The molecular formula is C25H18ClN3O. The highest BCUT2D eigenvalue weighted by molar-refractivity contribution is 6.33. The van der Waals surface area contributed by atoms with Crippen LogP contribution in [-0.4, -0.2) is 22.1 Å². The standard InChI is InChI=1S/C25H18ClN3O/c1-30-20-9-8-17-14-19(7-6-18(17)15-20)24-23(16-10-12-27-13-11-16)28-25(29-24)21-4-2-3-5-22(21)26/h2-15H,1H3,(H,28,29). The number of imidazole rings is 1. The number of rotatable bonds is 4. The molecule has 0 aliphatic heterocycles. The van der Waals surface area contributed by atoms with E-state index in [0.717, 1.165) is 50.4 Å². The summed E-state index contributed by atoms with van der Waals surface area (Å²) < 4.78 is 5.34. The van der Waals surface area contributed by atoms with E-state index in [1.54, 1.807) is 19.5 Å². The van der Waals surface area contributed by atoms with E-state index in [1.165, 1.54) is 0 Å². The van der Waals surface area contributed by atoms with Gasteiger partial charge >= 0.3 is 0 Å². The largest absolute Gasteiger partial charge is 0.497 e. The fraction of sp³-hybridized carbons (Fsp3) is 0.0400. The summed E-state index contributed by atoms with van der Waals surface area (Å²) in [7, 11) is 1.68. The van der Waals surface area contributed by atoms with Crippen LogP contribution >= 0.6 is 11.6 Å². The Hall–Kier alpha value is -3.63. The predicted octanol–water partition coefficient (Wildman–Crippen LogP) is 6.62. The van der Waals surface area contributed by atoms with Crippen LogP contribution in [0.5, 0.6) is 5.75 Å². The average Bonchev–Trinajstić information content (AvgIpc) is 3.24. The number of nitrogens with zero attached hydrogens (tertiary/aromatic N) is 2. The summed E-state index contributed by atoms with van der Waals surface area (Å²) in [5.74, 6) is 1.57. The smallest absolute Gasteiger partial charge is 0.140 e. The molecule has 0 atom stereocenters. The highest BCUT2D eigenvalue weighted by atomic mass is 35.5. The van der Waals surface area contributed by atoms with E-state index in [4.69, 9.17) is 21.3 Å². The van der Waals surface area contributed by atoms with Crippen LogP contribution in [0.25, 0.3) is 44.7 Å². The van der Waals surface area contributed by atoms with Crippen molar-refractivity contribution in [3.05, 3.63) is 90.2 Å². The van der Waals surface area contributed by atoms with Gasteiger partial charge in [0.2, 0.25) is 0 Å². The van der Waals surface area contributed by atoms with Crippen molar-refractivity contribution in [2.45, 2.75) is 0 Å². The number of benzene rings is 3. The zero-order valence-electron chi connectivity index (χ0n) is 16.3. The molecule has 5 aromatic rings. The molecule has 0 spiro atoms. The van der Waals surface area contributed by atoms with Crippen LogP contribution in [-0.2, 0) is 0 Å². The molecule has 0 amide bonds. The lowest BCUT2D eigenvalue weighted by Crippen LogP contribution is -1.86. The number of pyridine rings is 1. The molecule has 1 N–H and O–H groups in total. The molecule has 2 heterocycles. The number of H-pyrrole nitrogens is 1. The second kappa shape index (κ2) is 7.65. The van der Waals surface area contributed by atoms with Gasteiger partial charge in [-0.3, -0.25) is 4.98 Å². The van der Waals surface area contributed by atoms with Crippen LogP contribution in [0.15, 0.2) is 85.2 Å². The lowest BCUT2D eigenvalue weighted by molar-refractivity contribution is 0.415. The van der Waals surface area contributed by atoms with Gasteiger partial charge in [-0.25, -0.2) is 4.98 Å². The minimum atomic E-state index is 0.657. The summed E-state index contributed by atoms with van der Waals surface area (Å²) in [4.78, 5) is 12.6. The summed E-state index contributed by atoms with van der Waals surface area (Å²) in [5.41, 5.74) is 4.70. The number of nitrogens with one attached hydrogen (secondary N) is 1. The zero-order chi connectivity index (χ0) is 20.5. The number of aromatic amines is 1. The Morgan fingerprint density at radius 1 is 0.833 bits per heavy atom. The molecule has 0 radical (unpaired) electrons. The number of hydrogen-bond acceptors (Lipinski definition) is 3. The van der Waals surface area contributed by atoms with Gasteiger partial charge in [0, 0.05) is 29.1 Å². The maximum atomic E-state index is 6.44. The van der Waals surface area contributed by atoms with Crippen LogP contribution in [0, 0.1) is 0 Å². The summed E-state index contributed by atoms with van der Waals surface area (Å²) >= 11 is 6.44. The van der Waals surface area contributed by atoms with Gasteiger partial charge in [-0.15, -0.1) is 0 Å². The number of methoxy groups -OCH3 is 1. The molecule has 0 fully saturated rings. The minimum Gasteiger partial charge on any atom is -0.497 e. The molecule has 0 saturated heterocycles. The van der Waals surface area contributed by atoms with E-state index in [0.29, 0.717) is 5.02 Å². The molecule has 3 aromatic carbocycles.